The molecule has 1 fully saturated rings. The highest BCUT2D eigenvalue weighted by atomic mass is 16.6. The summed E-state index contributed by atoms with van der Waals surface area (Å²) in [5.41, 5.74) is 4.17. The molecule has 6 rings (SSSR count). The summed E-state index contributed by atoms with van der Waals surface area (Å²) < 4.78 is 32.7. The van der Waals surface area contributed by atoms with Crippen molar-refractivity contribution in [1.82, 2.24) is 24.5 Å². The number of nitrogens with zero attached hydrogens (tertiary/aromatic N) is 5. The summed E-state index contributed by atoms with van der Waals surface area (Å²) in [5.74, 6) is 0.920. The number of hydrogen-bond donors (Lipinski definition) is 0. The maximum Gasteiger partial charge on any atom is 0.419 e. The summed E-state index contributed by atoms with van der Waals surface area (Å²) in [7, 11) is 3.03. The van der Waals surface area contributed by atoms with Gasteiger partial charge in [-0.2, -0.15) is 0 Å². The number of fused-ring (bicyclic) bond motifs is 7. The maximum atomic E-state index is 13.2. The first-order valence-corrected chi connectivity index (χ1v) is 15.5. The minimum Gasteiger partial charge on any atom is -0.496 e. The Morgan fingerprint density at radius 1 is 1.11 bits per heavy atom. The average molecular weight is 632 g/mol. The van der Waals surface area contributed by atoms with Crippen molar-refractivity contribution < 1.29 is 33.3 Å². The molecule has 2 atom stereocenters. The number of hydrogen-bond acceptors (Lipinski definition) is 10. The van der Waals surface area contributed by atoms with Crippen LogP contribution in [-0.4, -0.2) is 75.6 Å². The van der Waals surface area contributed by atoms with Crippen molar-refractivity contribution in [2.45, 2.75) is 78.0 Å². The summed E-state index contributed by atoms with van der Waals surface area (Å²) in [4.78, 5) is 28.1. The zero-order valence-electron chi connectivity index (χ0n) is 27.2. The van der Waals surface area contributed by atoms with Gasteiger partial charge in [-0.25, -0.2) is 14.3 Å². The fourth-order valence-electron chi connectivity index (χ4n) is 6.37. The molecule has 2 aromatic carbocycles. The highest BCUT2D eigenvalue weighted by Crippen LogP contribution is 2.41. The summed E-state index contributed by atoms with van der Waals surface area (Å²) in [6, 6.07) is 9.31. The van der Waals surface area contributed by atoms with E-state index in [9.17, 15) is 9.59 Å². The molecular weight excluding hydrogens is 590 g/mol. The van der Waals surface area contributed by atoms with Gasteiger partial charge in [-0.05, 0) is 70.4 Å². The molecule has 1 saturated heterocycles. The molecule has 2 aliphatic rings. The topological polar surface area (TPSA) is 119 Å². The molecule has 4 bridgehead atoms. The van der Waals surface area contributed by atoms with Crippen LogP contribution < -0.4 is 9.47 Å². The van der Waals surface area contributed by atoms with Crippen molar-refractivity contribution in [2.75, 3.05) is 27.4 Å². The molecule has 0 N–H and O–H groups in total. The van der Waals surface area contributed by atoms with E-state index in [2.05, 4.69) is 15.2 Å². The van der Waals surface area contributed by atoms with Crippen molar-refractivity contribution in [3.8, 4) is 11.5 Å². The van der Waals surface area contributed by atoms with Gasteiger partial charge in [0.15, 0.2) is 0 Å². The number of benzene rings is 2. The van der Waals surface area contributed by atoms with Gasteiger partial charge in [0.05, 0.1) is 50.8 Å². The van der Waals surface area contributed by atoms with E-state index in [1.165, 1.54) is 7.11 Å². The van der Waals surface area contributed by atoms with Crippen molar-refractivity contribution >= 4 is 23.0 Å². The van der Waals surface area contributed by atoms with E-state index in [0.717, 1.165) is 52.0 Å². The smallest absolute Gasteiger partial charge is 0.419 e. The van der Waals surface area contributed by atoms with Gasteiger partial charge < -0.3 is 23.7 Å². The molecule has 2 aromatic heterocycles. The molecule has 4 aromatic rings. The molecule has 0 saturated carbocycles. The summed E-state index contributed by atoms with van der Waals surface area (Å²) in [5, 5.41) is 9.37. The second-order valence-corrected chi connectivity index (χ2v) is 12.8. The van der Waals surface area contributed by atoms with Gasteiger partial charge in [0, 0.05) is 41.8 Å². The molecule has 4 heterocycles. The predicted octanol–water partition coefficient (Wildman–Crippen LogP) is 5.43. The first kappa shape index (κ1) is 31.6. The Labute approximate surface area is 268 Å². The van der Waals surface area contributed by atoms with Crippen molar-refractivity contribution in [3.05, 3.63) is 70.7 Å². The third-order valence-electron chi connectivity index (χ3n) is 8.49. The Kier molecular flexibility index (Phi) is 8.75. The van der Waals surface area contributed by atoms with Gasteiger partial charge >= 0.3 is 12.1 Å². The first-order chi connectivity index (χ1) is 22.0. The second kappa shape index (κ2) is 12.8. The number of carbonyl (C=O) groups excluding carboxylic acids is 2. The summed E-state index contributed by atoms with van der Waals surface area (Å²) in [6.07, 6.45) is 4.67. The number of piperidine rings is 1. The number of carbonyl (C=O) groups is 2. The van der Waals surface area contributed by atoms with E-state index in [4.69, 9.17) is 23.7 Å². The van der Waals surface area contributed by atoms with E-state index >= 15 is 0 Å². The van der Waals surface area contributed by atoms with Crippen LogP contribution in [0.5, 0.6) is 11.5 Å². The van der Waals surface area contributed by atoms with Crippen LogP contribution in [0.2, 0.25) is 0 Å². The number of esters is 1. The largest absolute Gasteiger partial charge is 0.496 e. The summed E-state index contributed by atoms with van der Waals surface area (Å²) >= 11 is 0. The van der Waals surface area contributed by atoms with Crippen molar-refractivity contribution in [2.24, 2.45) is 0 Å². The van der Waals surface area contributed by atoms with Gasteiger partial charge in [0.25, 0.3) is 0 Å². The Hall–Kier alpha value is -4.42. The molecule has 0 aliphatic carbocycles. The number of likely N-dealkylation sites (tertiary alicyclic amines) is 1. The lowest BCUT2D eigenvalue weighted by molar-refractivity contribution is -0.0287. The van der Waals surface area contributed by atoms with E-state index in [1.54, 1.807) is 34.7 Å². The molecule has 12 heteroatoms. The molecule has 0 radical (unpaired) electrons. The number of methoxy groups -OCH3 is 2. The van der Waals surface area contributed by atoms with Gasteiger partial charge in [-0.3, -0.25) is 9.47 Å². The lowest BCUT2D eigenvalue weighted by atomic mass is 9.90. The minimum atomic E-state index is -0.629. The van der Waals surface area contributed by atoms with Gasteiger partial charge in [-0.15, -0.1) is 5.10 Å². The molecule has 12 nitrogen and oxygen atoms in total. The lowest BCUT2D eigenvalue weighted by Gasteiger charge is -2.40. The molecule has 0 unspecified atom stereocenters. The van der Waals surface area contributed by atoms with Gasteiger partial charge in [-0.1, -0.05) is 11.3 Å². The monoisotopic (exact) mass is 631 g/mol. The predicted molar refractivity (Wildman–Crippen MR) is 169 cm³/mol. The average Bonchev–Trinajstić information content (AvgIpc) is 3.68. The first-order valence-electron chi connectivity index (χ1n) is 15.5. The van der Waals surface area contributed by atoms with Gasteiger partial charge in [0.1, 0.15) is 29.4 Å². The Bertz CT molecular complexity index is 1750. The van der Waals surface area contributed by atoms with Crippen LogP contribution in [0, 0.1) is 6.92 Å². The minimum absolute atomic E-state index is 0.0338. The molecular formula is C34H41N5O7. The third-order valence-corrected chi connectivity index (χ3v) is 8.49. The lowest BCUT2D eigenvalue weighted by Crippen LogP contribution is -2.39. The number of ether oxygens (including phenoxy) is 5. The fraction of sp³-hybridized carbons (Fsp3) is 0.471. The van der Waals surface area contributed by atoms with Crippen LogP contribution in [0.3, 0.4) is 0 Å². The van der Waals surface area contributed by atoms with Crippen molar-refractivity contribution in [1.29, 1.82) is 0 Å². The Morgan fingerprint density at radius 3 is 2.70 bits per heavy atom. The van der Waals surface area contributed by atoms with E-state index in [1.807, 2.05) is 52.1 Å². The van der Waals surface area contributed by atoms with Crippen LogP contribution in [0.25, 0.3) is 10.9 Å². The molecule has 244 valence electrons. The van der Waals surface area contributed by atoms with Crippen LogP contribution in [0.15, 0.2) is 42.7 Å². The Balaban J connectivity index is 1.40. The van der Waals surface area contributed by atoms with Gasteiger partial charge in [0.2, 0.25) is 0 Å². The maximum absolute atomic E-state index is 13.2. The van der Waals surface area contributed by atoms with Crippen LogP contribution in [-0.2, 0) is 33.9 Å². The second-order valence-electron chi connectivity index (χ2n) is 12.8. The molecule has 0 spiro atoms. The molecule has 0 amide bonds. The highest BCUT2D eigenvalue weighted by molar-refractivity contribution is 5.95. The number of aromatic nitrogens is 4. The van der Waals surface area contributed by atoms with Crippen LogP contribution >= 0.6 is 0 Å². The van der Waals surface area contributed by atoms with Crippen LogP contribution in [0.4, 0.5) is 4.79 Å². The van der Waals surface area contributed by atoms with E-state index < -0.39 is 17.7 Å². The fourth-order valence-corrected chi connectivity index (χ4v) is 6.37. The van der Waals surface area contributed by atoms with Crippen molar-refractivity contribution in [3.63, 3.8) is 0 Å². The van der Waals surface area contributed by atoms with Crippen LogP contribution in [0.1, 0.15) is 72.4 Å². The van der Waals surface area contributed by atoms with E-state index in [-0.39, 0.29) is 12.1 Å². The quantitative estimate of drug-likeness (QED) is 0.270. The zero-order valence-corrected chi connectivity index (χ0v) is 27.2. The number of aryl methyl sites for hydroxylation is 1. The SMILES string of the molecule is COC(=O)c1ccc2c(c1)OCCn1cc(nn1)CO[C@H]1CCN(Cc3c(OC)cc(C)c4c3ccn4C(=O)OC(C)(C)C)[C@H]2C1. The molecule has 46 heavy (non-hydrogen) atoms. The third kappa shape index (κ3) is 6.45. The Morgan fingerprint density at radius 2 is 1.93 bits per heavy atom. The highest BCUT2D eigenvalue weighted by Gasteiger charge is 2.34. The number of rotatable bonds is 4. The molecule has 2 aliphatic heterocycles. The zero-order chi connectivity index (χ0) is 32.6. The van der Waals surface area contributed by atoms with E-state index in [0.29, 0.717) is 44.0 Å². The standard InChI is InChI=1S/C34H41N5O7/c1-21-15-29(42-5)27(25-10-12-39(31(21)25)33(41)46-34(2,3)4)19-37-11-9-24-17-28(37)26-8-7-22(32(40)43-6)16-30(26)44-14-13-38-18-23(20-45-24)35-36-38/h7-8,10,12,15-16,18,24,28H,9,11,13-14,17,19-20H2,1-6H3/t24-,28-/m0/s1. The summed E-state index contributed by atoms with van der Waals surface area (Å²) in [6.45, 7) is 10.0. The normalized spacial score (nSPS) is 18.8.